The van der Waals surface area contributed by atoms with Crippen LogP contribution in [0.1, 0.15) is 65.2 Å². The summed E-state index contributed by atoms with van der Waals surface area (Å²) in [6.45, 7) is 3.48. The van der Waals surface area contributed by atoms with E-state index >= 15 is 0 Å². The van der Waals surface area contributed by atoms with E-state index in [4.69, 9.17) is 9.84 Å². The molecule has 0 saturated heterocycles. The zero-order valence-corrected chi connectivity index (χ0v) is 11.9. The molecule has 0 aliphatic rings. The summed E-state index contributed by atoms with van der Waals surface area (Å²) >= 11 is 0. The molecule has 1 N–H and O–H groups in total. The molecule has 4 nitrogen and oxygen atoms in total. The number of carboxylic acids is 1. The molecule has 0 aromatic carbocycles. The van der Waals surface area contributed by atoms with Gasteiger partial charge in [-0.1, -0.05) is 44.4 Å². The predicted molar refractivity (Wildman–Crippen MR) is 73.6 cm³/mol. The molecular weight excluding hydrogens is 244 g/mol. The number of hydrogen-bond acceptors (Lipinski definition) is 3. The molecule has 0 rings (SSSR count). The average molecular weight is 268 g/mol. The number of esters is 1. The molecular formula is C15H24O4. The van der Waals surface area contributed by atoms with Crippen LogP contribution in [0.4, 0.5) is 0 Å². The van der Waals surface area contributed by atoms with Crippen LogP contribution in [0, 0.1) is 11.8 Å². The molecule has 4 heteroatoms. The monoisotopic (exact) mass is 268 g/mol. The topological polar surface area (TPSA) is 63.6 Å². The van der Waals surface area contributed by atoms with E-state index in [1.54, 1.807) is 0 Å². The van der Waals surface area contributed by atoms with E-state index in [9.17, 15) is 9.59 Å². The maximum absolute atomic E-state index is 10.9. The van der Waals surface area contributed by atoms with E-state index < -0.39 is 18.0 Å². The van der Waals surface area contributed by atoms with Crippen molar-refractivity contribution in [3.63, 3.8) is 0 Å². The molecule has 108 valence electrons. The Bertz CT molecular complexity index is 325. The zero-order valence-electron chi connectivity index (χ0n) is 11.9. The van der Waals surface area contributed by atoms with Crippen molar-refractivity contribution in [1.29, 1.82) is 0 Å². The van der Waals surface area contributed by atoms with Crippen LogP contribution < -0.4 is 0 Å². The number of carbonyl (C=O) groups is 2. The standard InChI is InChI=1S/C15H24O4/c1-3-4-5-6-7-8-9-10-14(19-13(2)16)11-12-15(17)18/h14H,3-8,11-12H2,1-2H3,(H,17,18). The second-order valence-corrected chi connectivity index (χ2v) is 4.52. The van der Waals surface area contributed by atoms with Crippen molar-refractivity contribution in [3.05, 3.63) is 0 Å². The molecule has 0 spiro atoms. The van der Waals surface area contributed by atoms with Crippen molar-refractivity contribution in [2.75, 3.05) is 0 Å². The van der Waals surface area contributed by atoms with Gasteiger partial charge in [-0.25, -0.2) is 0 Å². The Hall–Kier alpha value is -1.50. The van der Waals surface area contributed by atoms with Gasteiger partial charge in [0.2, 0.25) is 0 Å². The highest BCUT2D eigenvalue weighted by Gasteiger charge is 2.10. The fraction of sp³-hybridized carbons (Fsp3) is 0.733. The quantitative estimate of drug-likeness (QED) is 0.396. The van der Waals surface area contributed by atoms with Gasteiger partial charge in [-0.05, 0) is 6.42 Å². The summed E-state index contributed by atoms with van der Waals surface area (Å²) in [5.74, 6) is 4.48. The minimum absolute atomic E-state index is 0.0386. The highest BCUT2D eigenvalue weighted by Crippen LogP contribution is 2.05. The minimum atomic E-state index is -0.904. The van der Waals surface area contributed by atoms with Gasteiger partial charge in [-0.3, -0.25) is 9.59 Å². The van der Waals surface area contributed by atoms with Crippen molar-refractivity contribution < 1.29 is 19.4 Å². The summed E-state index contributed by atoms with van der Waals surface area (Å²) < 4.78 is 4.97. The Morgan fingerprint density at radius 1 is 1.21 bits per heavy atom. The van der Waals surface area contributed by atoms with Crippen molar-refractivity contribution in [1.82, 2.24) is 0 Å². The first-order chi connectivity index (χ1) is 9.06. The van der Waals surface area contributed by atoms with Gasteiger partial charge in [-0.2, -0.15) is 0 Å². The fourth-order valence-corrected chi connectivity index (χ4v) is 1.62. The van der Waals surface area contributed by atoms with Crippen LogP contribution in [0.5, 0.6) is 0 Å². The SMILES string of the molecule is CCCCCCCC#CC(CCC(=O)O)OC(C)=O. The van der Waals surface area contributed by atoms with Crippen LogP contribution in [-0.2, 0) is 14.3 Å². The summed E-state index contributed by atoms with van der Waals surface area (Å²) in [5.41, 5.74) is 0. The van der Waals surface area contributed by atoms with E-state index in [0.29, 0.717) is 0 Å². The second-order valence-electron chi connectivity index (χ2n) is 4.52. The lowest BCUT2D eigenvalue weighted by atomic mass is 10.1. The second kappa shape index (κ2) is 11.6. The zero-order chi connectivity index (χ0) is 14.5. The molecule has 1 atom stereocenters. The lowest BCUT2D eigenvalue weighted by molar-refractivity contribution is -0.146. The largest absolute Gasteiger partial charge is 0.481 e. The van der Waals surface area contributed by atoms with Crippen LogP contribution in [0.15, 0.2) is 0 Å². The smallest absolute Gasteiger partial charge is 0.303 e. The van der Waals surface area contributed by atoms with E-state index in [-0.39, 0.29) is 12.8 Å². The van der Waals surface area contributed by atoms with Gasteiger partial charge in [0.15, 0.2) is 6.10 Å². The van der Waals surface area contributed by atoms with Crippen LogP contribution in [-0.4, -0.2) is 23.1 Å². The van der Waals surface area contributed by atoms with Crippen molar-refractivity contribution in [2.45, 2.75) is 71.3 Å². The predicted octanol–water partition coefficient (Wildman–Crippen LogP) is 3.15. The number of aliphatic carboxylic acids is 1. The van der Waals surface area contributed by atoms with Crippen molar-refractivity contribution in [3.8, 4) is 11.8 Å². The molecule has 0 fully saturated rings. The first-order valence-corrected chi connectivity index (χ1v) is 6.93. The summed E-state index contributed by atoms with van der Waals surface area (Å²) in [5, 5.41) is 8.60. The van der Waals surface area contributed by atoms with Gasteiger partial charge in [-0.15, -0.1) is 0 Å². The lowest BCUT2D eigenvalue weighted by Crippen LogP contribution is -2.15. The maximum atomic E-state index is 10.9. The number of ether oxygens (including phenoxy) is 1. The maximum Gasteiger partial charge on any atom is 0.303 e. The Labute approximate surface area is 115 Å². The Kier molecular flexibility index (Phi) is 10.7. The van der Waals surface area contributed by atoms with E-state index in [2.05, 4.69) is 18.8 Å². The lowest BCUT2D eigenvalue weighted by Gasteiger charge is -2.09. The van der Waals surface area contributed by atoms with Crippen LogP contribution >= 0.6 is 0 Å². The summed E-state index contributed by atoms with van der Waals surface area (Å²) in [4.78, 5) is 21.3. The molecule has 0 aliphatic carbocycles. The number of unbranched alkanes of at least 4 members (excludes halogenated alkanes) is 5. The number of carboxylic acid groups (broad SMARTS) is 1. The van der Waals surface area contributed by atoms with E-state index in [1.165, 1.54) is 26.2 Å². The molecule has 0 aromatic rings. The molecule has 0 bridgehead atoms. The fourth-order valence-electron chi connectivity index (χ4n) is 1.62. The normalized spacial score (nSPS) is 11.3. The first kappa shape index (κ1) is 17.5. The average Bonchev–Trinajstić information content (AvgIpc) is 2.33. The van der Waals surface area contributed by atoms with Crippen LogP contribution in [0.3, 0.4) is 0 Å². The van der Waals surface area contributed by atoms with Crippen molar-refractivity contribution >= 4 is 11.9 Å². The van der Waals surface area contributed by atoms with Gasteiger partial charge in [0.1, 0.15) is 0 Å². The highest BCUT2D eigenvalue weighted by atomic mass is 16.5. The Morgan fingerprint density at radius 3 is 2.47 bits per heavy atom. The molecule has 0 aromatic heterocycles. The van der Waals surface area contributed by atoms with Gasteiger partial charge in [0.05, 0.1) is 0 Å². The molecule has 0 saturated carbocycles. The van der Waals surface area contributed by atoms with Crippen LogP contribution in [0.25, 0.3) is 0 Å². The molecule has 1 unspecified atom stereocenters. The van der Waals surface area contributed by atoms with Crippen LogP contribution in [0.2, 0.25) is 0 Å². The Morgan fingerprint density at radius 2 is 1.89 bits per heavy atom. The summed E-state index contributed by atoms with van der Waals surface area (Å²) in [7, 11) is 0. The van der Waals surface area contributed by atoms with Gasteiger partial charge in [0.25, 0.3) is 0 Å². The molecule has 19 heavy (non-hydrogen) atoms. The third-order valence-electron chi connectivity index (χ3n) is 2.60. The molecule has 0 heterocycles. The number of hydrogen-bond donors (Lipinski definition) is 1. The molecule has 0 aliphatic heterocycles. The first-order valence-electron chi connectivity index (χ1n) is 6.93. The van der Waals surface area contributed by atoms with E-state index in [0.717, 1.165) is 19.3 Å². The van der Waals surface area contributed by atoms with Gasteiger partial charge in [0, 0.05) is 26.2 Å². The van der Waals surface area contributed by atoms with Gasteiger partial charge >= 0.3 is 11.9 Å². The van der Waals surface area contributed by atoms with Gasteiger partial charge < -0.3 is 9.84 Å². The molecule has 0 radical (unpaired) electrons. The van der Waals surface area contributed by atoms with Crippen molar-refractivity contribution in [2.24, 2.45) is 0 Å². The minimum Gasteiger partial charge on any atom is -0.481 e. The summed E-state index contributed by atoms with van der Waals surface area (Å²) in [6, 6.07) is 0. The third-order valence-corrected chi connectivity index (χ3v) is 2.60. The molecule has 0 amide bonds. The number of rotatable bonds is 9. The summed E-state index contributed by atoms with van der Waals surface area (Å²) in [6.07, 6.45) is 6.29. The third kappa shape index (κ3) is 12.7. The highest BCUT2D eigenvalue weighted by molar-refractivity contribution is 5.68. The Balaban J connectivity index is 3.95. The van der Waals surface area contributed by atoms with E-state index in [1.807, 2.05) is 0 Å². The number of carbonyl (C=O) groups excluding carboxylic acids is 1.